The number of ketones is 2. The monoisotopic (exact) mass is 209 g/mol. The number of halogens is 2. The summed E-state index contributed by atoms with van der Waals surface area (Å²) in [7, 11) is 2.97. The Balaban J connectivity index is 3.73. The van der Waals surface area contributed by atoms with E-state index in [4.69, 9.17) is 23.2 Å². The minimum atomic E-state index is -1.11. The summed E-state index contributed by atoms with van der Waals surface area (Å²) in [5.41, 5.74) is 0. The van der Waals surface area contributed by atoms with Crippen molar-refractivity contribution in [3.05, 3.63) is 0 Å². The lowest BCUT2D eigenvalue weighted by atomic mass is 10.2. The van der Waals surface area contributed by atoms with Gasteiger partial charge in [-0.2, -0.15) is 0 Å². The van der Waals surface area contributed by atoms with Crippen molar-refractivity contribution in [1.82, 2.24) is 0 Å². The molecule has 0 aromatic rings. The average Bonchev–Trinajstić information content (AvgIpc) is 1.80. The molecule has 0 saturated heterocycles. The van der Waals surface area contributed by atoms with Crippen molar-refractivity contribution in [3.63, 3.8) is 0 Å². The second kappa shape index (κ2) is 4.23. The molecule has 0 atom stereocenters. The van der Waals surface area contributed by atoms with E-state index in [9.17, 15) is 9.59 Å². The van der Waals surface area contributed by atoms with E-state index < -0.39 is 15.5 Å². The van der Waals surface area contributed by atoms with Gasteiger partial charge in [0.05, 0.1) is 10.2 Å². The van der Waals surface area contributed by atoms with E-state index in [1.165, 1.54) is 6.92 Å². The van der Waals surface area contributed by atoms with E-state index in [-0.39, 0.29) is 12.8 Å². The number of hydrogen-bond acceptors (Lipinski definition) is 2. The maximum Gasteiger partial charge on any atom is 0.198 e. The van der Waals surface area contributed by atoms with Crippen molar-refractivity contribution < 1.29 is 9.59 Å². The van der Waals surface area contributed by atoms with Crippen LogP contribution in [0.3, 0.4) is 0 Å². The topological polar surface area (TPSA) is 34.1 Å². The van der Waals surface area contributed by atoms with Crippen LogP contribution >= 0.6 is 23.2 Å². The van der Waals surface area contributed by atoms with E-state index in [0.717, 1.165) is 0 Å². The summed E-state index contributed by atoms with van der Waals surface area (Å²) >= 11 is 11.0. The molecule has 0 aliphatic rings. The van der Waals surface area contributed by atoms with Crippen molar-refractivity contribution in [1.29, 1.82) is 0 Å². The molecule has 0 unspecified atom stereocenters. The zero-order valence-electron chi connectivity index (χ0n) is 5.99. The highest BCUT2D eigenvalue weighted by molar-refractivity contribution is 6.65. The van der Waals surface area contributed by atoms with Gasteiger partial charge < -0.3 is 0 Å². The number of Topliss-reactive ketones (excluding diaryl/α,β-unsaturated/α-hetero) is 2. The zero-order chi connectivity index (χ0) is 9.07. The standard InChI is InChI=1S/C6H7Cl2O2Si/c1-4(9)5(10)2-3-6(7,8)11/h2-3H2,1H3. The number of alkyl halides is 2. The highest BCUT2D eigenvalue weighted by Gasteiger charge is 2.19. The lowest BCUT2D eigenvalue weighted by molar-refractivity contribution is -0.135. The molecule has 0 fully saturated rings. The number of hydrogen-bond donors (Lipinski definition) is 0. The van der Waals surface area contributed by atoms with Crippen LogP contribution in [0.4, 0.5) is 0 Å². The Hall–Kier alpha value is 0.137. The van der Waals surface area contributed by atoms with E-state index >= 15 is 0 Å². The molecule has 0 rings (SSSR count). The molecule has 0 aromatic carbocycles. The molecule has 0 spiro atoms. The Morgan fingerprint density at radius 1 is 1.45 bits per heavy atom. The van der Waals surface area contributed by atoms with Crippen molar-refractivity contribution in [2.75, 3.05) is 0 Å². The van der Waals surface area contributed by atoms with Crippen molar-refractivity contribution in [2.24, 2.45) is 0 Å². The molecule has 0 amide bonds. The second-order valence-electron chi connectivity index (χ2n) is 2.18. The van der Waals surface area contributed by atoms with E-state index in [0.29, 0.717) is 0 Å². The third-order valence-corrected chi connectivity index (χ3v) is 1.69. The van der Waals surface area contributed by atoms with Crippen LogP contribution in [0.5, 0.6) is 0 Å². The maximum absolute atomic E-state index is 10.7. The fourth-order valence-corrected chi connectivity index (χ4v) is 0.761. The molecule has 0 bridgehead atoms. The van der Waals surface area contributed by atoms with Gasteiger partial charge >= 0.3 is 0 Å². The molecule has 2 nitrogen and oxygen atoms in total. The third kappa shape index (κ3) is 6.53. The van der Waals surface area contributed by atoms with Gasteiger partial charge in [0.1, 0.15) is 3.96 Å². The van der Waals surface area contributed by atoms with Gasteiger partial charge in [0.25, 0.3) is 0 Å². The Kier molecular flexibility index (Phi) is 4.29. The summed E-state index contributed by atoms with van der Waals surface area (Å²) in [4.78, 5) is 21.1. The molecule has 0 aromatic heterocycles. The molecule has 5 heteroatoms. The highest BCUT2D eigenvalue weighted by Crippen LogP contribution is 2.22. The van der Waals surface area contributed by atoms with Crippen molar-refractivity contribution >= 4 is 45.0 Å². The van der Waals surface area contributed by atoms with Gasteiger partial charge in [-0.1, -0.05) is 0 Å². The zero-order valence-corrected chi connectivity index (χ0v) is 8.50. The van der Waals surface area contributed by atoms with Gasteiger partial charge in [-0.25, -0.2) is 0 Å². The molecule has 0 N–H and O–H groups in total. The first-order valence-electron chi connectivity index (χ1n) is 2.99. The van der Waals surface area contributed by atoms with Gasteiger partial charge in [0.2, 0.25) is 0 Å². The van der Waals surface area contributed by atoms with Crippen LogP contribution in [-0.2, 0) is 9.59 Å². The predicted molar refractivity (Wildman–Crippen MR) is 45.1 cm³/mol. The van der Waals surface area contributed by atoms with Crippen LogP contribution < -0.4 is 0 Å². The fourth-order valence-electron chi connectivity index (χ4n) is 0.447. The average molecular weight is 210 g/mol. The molecule has 11 heavy (non-hydrogen) atoms. The first-order valence-corrected chi connectivity index (χ1v) is 4.25. The Labute approximate surface area is 78.7 Å². The van der Waals surface area contributed by atoms with Gasteiger partial charge in [0, 0.05) is 13.3 Å². The van der Waals surface area contributed by atoms with Crippen LogP contribution in [0.2, 0.25) is 0 Å². The summed E-state index contributed by atoms with van der Waals surface area (Å²) in [6.45, 7) is 1.22. The van der Waals surface area contributed by atoms with E-state index in [1.807, 2.05) is 0 Å². The highest BCUT2D eigenvalue weighted by atomic mass is 35.5. The maximum atomic E-state index is 10.7. The normalized spacial score (nSPS) is 11.3. The second-order valence-corrected chi connectivity index (χ2v) is 5.16. The molecule has 0 aliphatic heterocycles. The molecular formula is C6H7Cl2O2Si. The quantitative estimate of drug-likeness (QED) is 0.397. The van der Waals surface area contributed by atoms with Gasteiger partial charge in [-0.05, 0) is 6.42 Å². The van der Waals surface area contributed by atoms with Gasteiger partial charge in [-0.15, -0.1) is 23.2 Å². The largest absolute Gasteiger partial charge is 0.291 e. The minimum Gasteiger partial charge on any atom is -0.291 e. The number of carbonyl (C=O) groups is 2. The molecular weight excluding hydrogens is 203 g/mol. The Bertz CT molecular complexity index is 174. The van der Waals surface area contributed by atoms with Gasteiger partial charge in [0.15, 0.2) is 11.6 Å². The molecule has 3 radical (unpaired) electrons. The van der Waals surface area contributed by atoms with Gasteiger partial charge in [-0.3, -0.25) is 9.59 Å². The predicted octanol–water partition coefficient (Wildman–Crippen LogP) is 1.22. The summed E-state index contributed by atoms with van der Waals surface area (Å²) in [6.07, 6.45) is 0.303. The van der Waals surface area contributed by atoms with Crippen molar-refractivity contribution in [2.45, 2.75) is 23.7 Å². The SMILES string of the molecule is CC(=O)C(=O)CCC([Si])(Cl)Cl. The summed E-state index contributed by atoms with van der Waals surface area (Å²) in [5, 5.41) is 0. The summed E-state index contributed by atoms with van der Waals surface area (Å²) in [5.74, 6) is -0.914. The first-order chi connectivity index (χ1) is 4.83. The summed E-state index contributed by atoms with van der Waals surface area (Å²) < 4.78 is -1.11. The van der Waals surface area contributed by atoms with E-state index in [1.54, 1.807) is 0 Å². The number of carbonyl (C=O) groups excluding carboxylic acids is 2. The lowest BCUT2D eigenvalue weighted by Crippen LogP contribution is -2.17. The molecule has 61 valence electrons. The van der Waals surface area contributed by atoms with Crippen molar-refractivity contribution in [3.8, 4) is 0 Å². The molecule has 0 heterocycles. The first kappa shape index (κ1) is 11.1. The van der Waals surface area contributed by atoms with Crippen LogP contribution in [0.25, 0.3) is 0 Å². The Morgan fingerprint density at radius 2 is 1.91 bits per heavy atom. The van der Waals surface area contributed by atoms with Crippen LogP contribution in [0.15, 0.2) is 0 Å². The number of rotatable bonds is 4. The molecule has 0 saturated carbocycles. The van der Waals surface area contributed by atoms with Crippen LogP contribution in [0.1, 0.15) is 19.8 Å². The minimum absolute atomic E-state index is 0.0752. The Morgan fingerprint density at radius 3 is 2.18 bits per heavy atom. The summed E-state index contributed by atoms with van der Waals surface area (Å²) in [6, 6.07) is 0. The van der Waals surface area contributed by atoms with Crippen LogP contribution in [-0.4, -0.2) is 25.8 Å². The lowest BCUT2D eigenvalue weighted by Gasteiger charge is -2.10. The third-order valence-electron chi connectivity index (χ3n) is 1.06. The van der Waals surface area contributed by atoms with E-state index in [2.05, 4.69) is 10.2 Å². The fraction of sp³-hybridized carbons (Fsp3) is 0.667. The molecule has 0 aliphatic carbocycles. The van der Waals surface area contributed by atoms with Crippen LogP contribution in [0, 0.1) is 0 Å². The smallest absolute Gasteiger partial charge is 0.198 e.